The van der Waals surface area contributed by atoms with Gasteiger partial charge in [0.25, 0.3) is 5.91 Å². The number of carbonyl (C=O) groups excluding carboxylic acids is 1. The molecule has 0 unspecified atom stereocenters. The zero-order chi connectivity index (χ0) is 13.2. The van der Waals surface area contributed by atoms with E-state index in [-0.39, 0.29) is 23.9 Å². The normalized spacial score (nSPS) is 17.4. The second-order valence-corrected chi connectivity index (χ2v) is 5.72. The summed E-state index contributed by atoms with van der Waals surface area (Å²) in [5, 5.41) is 7.03. The van der Waals surface area contributed by atoms with Crippen LogP contribution in [0.5, 0.6) is 0 Å². The molecule has 0 bridgehead atoms. The van der Waals surface area contributed by atoms with Gasteiger partial charge in [0, 0.05) is 16.1 Å². The zero-order valence-corrected chi connectivity index (χ0v) is 12.8. The predicted molar refractivity (Wildman–Crippen MR) is 81.4 cm³/mol. The van der Waals surface area contributed by atoms with Crippen LogP contribution in [-0.4, -0.2) is 24.5 Å². The summed E-state index contributed by atoms with van der Waals surface area (Å²) in [5.41, 5.74) is 1.53. The standard InChI is InChI=1S/C14H19ClN2O.ClH/c1-10-7-11(9-12(15)8-10)13(18)17-14(2)3-5-16-6-4-14;/h7-9,16H,3-6H2,1-2H3,(H,17,18);1H. The summed E-state index contributed by atoms with van der Waals surface area (Å²) in [6.45, 7) is 5.94. The highest BCUT2D eigenvalue weighted by Crippen LogP contribution is 2.19. The van der Waals surface area contributed by atoms with Crippen LogP contribution in [0.25, 0.3) is 0 Å². The summed E-state index contributed by atoms with van der Waals surface area (Å²) in [6, 6.07) is 5.44. The predicted octanol–water partition coefficient (Wildman–Crippen LogP) is 2.94. The quantitative estimate of drug-likeness (QED) is 0.882. The molecule has 3 nitrogen and oxygen atoms in total. The molecule has 0 spiro atoms. The first kappa shape index (κ1) is 16.3. The molecule has 1 aliphatic rings. The van der Waals surface area contributed by atoms with Gasteiger partial charge in [-0.05, 0) is 63.5 Å². The van der Waals surface area contributed by atoms with Crippen LogP contribution in [0.15, 0.2) is 18.2 Å². The maximum atomic E-state index is 12.2. The van der Waals surface area contributed by atoms with Crippen molar-refractivity contribution in [1.29, 1.82) is 0 Å². The van der Waals surface area contributed by atoms with Crippen LogP contribution in [0.1, 0.15) is 35.7 Å². The minimum absolute atomic E-state index is 0. The van der Waals surface area contributed by atoms with Crippen molar-refractivity contribution in [2.75, 3.05) is 13.1 Å². The van der Waals surface area contributed by atoms with Gasteiger partial charge < -0.3 is 10.6 Å². The van der Waals surface area contributed by atoms with Gasteiger partial charge in [0.1, 0.15) is 0 Å². The summed E-state index contributed by atoms with van der Waals surface area (Å²) >= 11 is 5.98. The van der Waals surface area contributed by atoms with Gasteiger partial charge >= 0.3 is 0 Å². The Morgan fingerprint density at radius 2 is 1.95 bits per heavy atom. The molecule has 0 saturated carbocycles. The highest BCUT2D eigenvalue weighted by Gasteiger charge is 2.28. The Morgan fingerprint density at radius 3 is 2.53 bits per heavy atom. The van der Waals surface area contributed by atoms with Crippen molar-refractivity contribution in [2.24, 2.45) is 0 Å². The van der Waals surface area contributed by atoms with Crippen molar-refractivity contribution in [3.8, 4) is 0 Å². The first-order chi connectivity index (χ1) is 8.48. The third-order valence-corrected chi connectivity index (χ3v) is 3.64. The minimum atomic E-state index is -0.113. The van der Waals surface area contributed by atoms with Crippen molar-refractivity contribution in [3.05, 3.63) is 34.3 Å². The summed E-state index contributed by atoms with van der Waals surface area (Å²) in [6.07, 6.45) is 1.91. The topological polar surface area (TPSA) is 41.1 Å². The summed E-state index contributed by atoms with van der Waals surface area (Å²) in [4.78, 5) is 12.2. The Hall–Kier alpha value is -0.770. The molecule has 0 aromatic heterocycles. The first-order valence-corrected chi connectivity index (χ1v) is 6.67. The molecule has 0 atom stereocenters. The number of nitrogens with one attached hydrogen (secondary N) is 2. The second-order valence-electron chi connectivity index (χ2n) is 5.28. The van der Waals surface area contributed by atoms with Gasteiger partial charge in [0.2, 0.25) is 0 Å². The maximum Gasteiger partial charge on any atom is 0.251 e. The monoisotopic (exact) mass is 302 g/mol. The molecule has 1 aromatic carbocycles. The van der Waals surface area contributed by atoms with Gasteiger partial charge in [0.05, 0.1) is 0 Å². The highest BCUT2D eigenvalue weighted by atomic mass is 35.5. The number of rotatable bonds is 2. The van der Waals surface area contributed by atoms with E-state index in [0.717, 1.165) is 31.5 Å². The van der Waals surface area contributed by atoms with Crippen LogP contribution >= 0.6 is 24.0 Å². The molecule has 2 rings (SSSR count). The Labute approximate surface area is 125 Å². The molecule has 0 radical (unpaired) electrons. The van der Waals surface area contributed by atoms with Crippen molar-refractivity contribution in [1.82, 2.24) is 10.6 Å². The molecule has 1 heterocycles. The fraction of sp³-hybridized carbons (Fsp3) is 0.500. The van der Waals surface area contributed by atoms with Gasteiger partial charge in [-0.15, -0.1) is 12.4 Å². The third-order valence-electron chi connectivity index (χ3n) is 3.43. The van der Waals surface area contributed by atoms with E-state index in [4.69, 9.17) is 11.6 Å². The van der Waals surface area contributed by atoms with Crippen molar-refractivity contribution in [3.63, 3.8) is 0 Å². The van der Waals surface area contributed by atoms with E-state index in [1.807, 2.05) is 19.1 Å². The number of hydrogen-bond donors (Lipinski definition) is 2. The number of aryl methyl sites for hydroxylation is 1. The second kappa shape index (κ2) is 6.60. The van der Waals surface area contributed by atoms with Crippen LogP contribution < -0.4 is 10.6 Å². The van der Waals surface area contributed by atoms with Crippen LogP contribution in [0.4, 0.5) is 0 Å². The van der Waals surface area contributed by atoms with E-state index < -0.39 is 0 Å². The Balaban J connectivity index is 0.00000180. The molecule has 2 N–H and O–H groups in total. The zero-order valence-electron chi connectivity index (χ0n) is 11.3. The molecule has 1 aliphatic heterocycles. The number of halogens is 2. The van der Waals surface area contributed by atoms with Crippen LogP contribution in [-0.2, 0) is 0 Å². The Bertz CT molecular complexity index is 437. The molecular formula is C14H20Cl2N2O. The van der Waals surface area contributed by atoms with Gasteiger partial charge in [-0.3, -0.25) is 4.79 Å². The smallest absolute Gasteiger partial charge is 0.251 e. The lowest BCUT2D eigenvalue weighted by atomic mass is 9.90. The van der Waals surface area contributed by atoms with E-state index >= 15 is 0 Å². The molecule has 5 heteroatoms. The van der Waals surface area contributed by atoms with Crippen molar-refractivity contribution >= 4 is 29.9 Å². The minimum Gasteiger partial charge on any atom is -0.347 e. The average molecular weight is 303 g/mol. The fourth-order valence-electron chi connectivity index (χ4n) is 2.32. The van der Waals surface area contributed by atoms with E-state index in [9.17, 15) is 4.79 Å². The Kier molecular flexibility index (Phi) is 5.65. The SMILES string of the molecule is Cc1cc(Cl)cc(C(=O)NC2(C)CCNCC2)c1.Cl. The van der Waals surface area contributed by atoms with E-state index in [1.54, 1.807) is 6.07 Å². The van der Waals surface area contributed by atoms with Crippen molar-refractivity contribution < 1.29 is 4.79 Å². The van der Waals surface area contributed by atoms with Gasteiger partial charge in [-0.25, -0.2) is 0 Å². The lowest BCUT2D eigenvalue weighted by molar-refractivity contribution is 0.0887. The van der Waals surface area contributed by atoms with E-state index in [1.165, 1.54) is 0 Å². The van der Waals surface area contributed by atoms with Crippen LogP contribution in [0.2, 0.25) is 5.02 Å². The lowest BCUT2D eigenvalue weighted by Gasteiger charge is -2.35. The summed E-state index contributed by atoms with van der Waals surface area (Å²) < 4.78 is 0. The Morgan fingerprint density at radius 1 is 1.32 bits per heavy atom. The molecule has 19 heavy (non-hydrogen) atoms. The van der Waals surface area contributed by atoms with Gasteiger partial charge in [0.15, 0.2) is 0 Å². The van der Waals surface area contributed by atoms with Crippen molar-refractivity contribution in [2.45, 2.75) is 32.2 Å². The maximum absolute atomic E-state index is 12.2. The molecule has 1 amide bonds. The van der Waals surface area contributed by atoms with Gasteiger partial charge in [-0.2, -0.15) is 0 Å². The third kappa shape index (κ3) is 4.37. The van der Waals surface area contributed by atoms with E-state index in [2.05, 4.69) is 17.6 Å². The number of piperidine rings is 1. The molecular weight excluding hydrogens is 283 g/mol. The molecule has 1 fully saturated rings. The first-order valence-electron chi connectivity index (χ1n) is 6.29. The average Bonchev–Trinajstić information content (AvgIpc) is 2.28. The summed E-state index contributed by atoms with van der Waals surface area (Å²) in [5.74, 6) is -0.0370. The van der Waals surface area contributed by atoms with Crippen LogP contribution in [0.3, 0.4) is 0 Å². The summed E-state index contributed by atoms with van der Waals surface area (Å²) in [7, 11) is 0. The number of benzene rings is 1. The van der Waals surface area contributed by atoms with Crippen LogP contribution in [0, 0.1) is 6.92 Å². The molecule has 1 aromatic rings. The number of amides is 1. The van der Waals surface area contributed by atoms with Gasteiger partial charge in [-0.1, -0.05) is 11.6 Å². The molecule has 106 valence electrons. The molecule has 0 aliphatic carbocycles. The lowest BCUT2D eigenvalue weighted by Crippen LogP contribution is -2.52. The number of carbonyl (C=O) groups is 1. The highest BCUT2D eigenvalue weighted by molar-refractivity contribution is 6.31. The molecule has 1 saturated heterocycles. The van der Waals surface area contributed by atoms with E-state index in [0.29, 0.717) is 10.6 Å². The number of hydrogen-bond acceptors (Lipinski definition) is 2. The fourth-order valence-corrected chi connectivity index (χ4v) is 2.61. The largest absolute Gasteiger partial charge is 0.347 e.